The number of rotatable bonds is 5. The molecule has 1 aliphatic carbocycles. The van der Waals surface area contributed by atoms with Crippen LogP contribution in [0.1, 0.15) is 12.8 Å². The molecule has 2 aliphatic rings. The van der Waals surface area contributed by atoms with Crippen LogP contribution in [0.5, 0.6) is 0 Å². The van der Waals surface area contributed by atoms with Crippen molar-refractivity contribution in [2.75, 3.05) is 57.2 Å². The Hall–Kier alpha value is -2.19. The van der Waals surface area contributed by atoms with Gasteiger partial charge in [-0.1, -0.05) is 6.07 Å². The molecule has 0 aromatic carbocycles. The highest BCUT2D eigenvalue weighted by atomic mass is 16.2. The first-order valence-electron chi connectivity index (χ1n) is 8.89. The lowest BCUT2D eigenvalue weighted by atomic mass is 10.3. The van der Waals surface area contributed by atoms with Crippen molar-refractivity contribution in [1.82, 2.24) is 24.4 Å². The number of piperazine rings is 1. The van der Waals surface area contributed by atoms with Crippen LogP contribution >= 0.6 is 0 Å². The first kappa shape index (κ1) is 16.3. The molecule has 8 heteroatoms. The zero-order valence-corrected chi connectivity index (χ0v) is 14.9. The Morgan fingerprint density at radius 2 is 2.00 bits per heavy atom. The molecule has 0 bridgehead atoms. The number of fused-ring (bicyclic) bond motifs is 1. The van der Waals surface area contributed by atoms with Gasteiger partial charge in [0.2, 0.25) is 11.9 Å². The van der Waals surface area contributed by atoms with Crippen molar-refractivity contribution in [2.24, 2.45) is 5.92 Å². The molecule has 0 atom stereocenters. The summed E-state index contributed by atoms with van der Waals surface area (Å²) in [6.07, 6.45) is 1.95. The molecule has 2 aromatic heterocycles. The Labute approximate surface area is 147 Å². The van der Waals surface area contributed by atoms with E-state index in [0.717, 1.165) is 57.2 Å². The normalized spacial score (nSPS) is 18.9. The second kappa shape index (κ2) is 6.61. The van der Waals surface area contributed by atoms with Gasteiger partial charge < -0.3 is 4.90 Å². The molecule has 1 aliphatic heterocycles. The lowest BCUT2D eigenvalue weighted by Gasteiger charge is -2.36. The summed E-state index contributed by atoms with van der Waals surface area (Å²) in [6, 6.07) is 5.99. The lowest BCUT2D eigenvalue weighted by molar-refractivity contribution is -0.117. The summed E-state index contributed by atoms with van der Waals surface area (Å²) in [5.41, 5.74) is 0.763. The number of nitrogens with one attached hydrogen (secondary N) is 1. The first-order chi connectivity index (χ1) is 12.1. The van der Waals surface area contributed by atoms with Crippen LogP contribution in [-0.4, -0.2) is 77.2 Å². The fraction of sp³-hybridized carbons (Fsp3) is 0.588. The van der Waals surface area contributed by atoms with Crippen molar-refractivity contribution in [3.63, 3.8) is 0 Å². The van der Waals surface area contributed by atoms with Crippen molar-refractivity contribution in [1.29, 1.82) is 0 Å². The fourth-order valence-corrected chi connectivity index (χ4v) is 3.26. The summed E-state index contributed by atoms with van der Waals surface area (Å²) in [5.74, 6) is 1.61. The van der Waals surface area contributed by atoms with E-state index in [1.54, 1.807) is 0 Å². The van der Waals surface area contributed by atoms with E-state index < -0.39 is 0 Å². The summed E-state index contributed by atoms with van der Waals surface area (Å²) < 4.78 is 1.84. The Morgan fingerprint density at radius 1 is 1.24 bits per heavy atom. The van der Waals surface area contributed by atoms with E-state index in [2.05, 4.69) is 50.3 Å². The number of carbonyl (C=O) groups excluding carboxylic acids is 1. The second-order valence-electron chi connectivity index (χ2n) is 7.18. The molecule has 3 heterocycles. The molecular formula is C17H25N7O. The van der Waals surface area contributed by atoms with Crippen LogP contribution in [0.15, 0.2) is 18.2 Å². The molecule has 4 rings (SSSR count). The Kier molecular flexibility index (Phi) is 4.30. The predicted octanol–water partition coefficient (Wildman–Crippen LogP) is 0.719. The molecule has 1 amide bonds. The van der Waals surface area contributed by atoms with Gasteiger partial charge in [-0.2, -0.15) is 9.50 Å². The summed E-state index contributed by atoms with van der Waals surface area (Å²) >= 11 is 0. The SMILES string of the molecule is CN(C)CN1CCN(c2cccc3nc(NC(=O)C4CC4)nn23)CC1. The van der Waals surface area contributed by atoms with E-state index in [4.69, 9.17) is 0 Å². The van der Waals surface area contributed by atoms with Gasteiger partial charge in [0.1, 0.15) is 5.82 Å². The highest BCUT2D eigenvalue weighted by molar-refractivity contribution is 5.92. The van der Waals surface area contributed by atoms with Crippen LogP contribution in [0.25, 0.3) is 5.65 Å². The topological polar surface area (TPSA) is 69.0 Å². The lowest BCUT2D eigenvalue weighted by Crippen LogP contribution is -2.49. The number of carbonyl (C=O) groups is 1. The number of aromatic nitrogens is 3. The monoisotopic (exact) mass is 343 g/mol. The zero-order chi connectivity index (χ0) is 17.4. The van der Waals surface area contributed by atoms with Crippen LogP contribution in [0, 0.1) is 5.92 Å². The molecule has 1 saturated carbocycles. The van der Waals surface area contributed by atoms with Gasteiger partial charge >= 0.3 is 0 Å². The molecule has 2 aromatic rings. The highest BCUT2D eigenvalue weighted by Crippen LogP contribution is 2.30. The average Bonchev–Trinajstić information content (AvgIpc) is 3.35. The molecular weight excluding hydrogens is 318 g/mol. The standard InChI is InChI=1S/C17H25N7O/c1-21(2)12-22-8-10-23(11-9-22)15-5-3-4-14-18-17(20-24(14)15)19-16(25)13-6-7-13/h3-5,13H,6-12H2,1-2H3,(H,19,20,25). The van der Waals surface area contributed by atoms with Crippen molar-refractivity contribution >= 4 is 23.3 Å². The van der Waals surface area contributed by atoms with Crippen molar-refractivity contribution in [3.05, 3.63) is 18.2 Å². The van der Waals surface area contributed by atoms with Crippen molar-refractivity contribution in [3.8, 4) is 0 Å². The van der Waals surface area contributed by atoms with E-state index in [1.165, 1.54) is 0 Å². The minimum atomic E-state index is 0.0368. The Balaban J connectivity index is 1.50. The van der Waals surface area contributed by atoms with Crippen LogP contribution in [0.3, 0.4) is 0 Å². The van der Waals surface area contributed by atoms with Gasteiger partial charge in [-0.25, -0.2) is 0 Å². The minimum Gasteiger partial charge on any atom is -0.354 e. The third kappa shape index (κ3) is 3.59. The highest BCUT2D eigenvalue weighted by Gasteiger charge is 2.30. The Bertz CT molecular complexity index is 759. The summed E-state index contributed by atoms with van der Waals surface area (Å²) in [4.78, 5) is 23.4. The van der Waals surface area contributed by atoms with Crippen molar-refractivity contribution < 1.29 is 4.79 Å². The summed E-state index contributed by atoms with van der Waals surface area (Å²) in [5, 5.41) is 7.35. The molecule has 134 valence electrons. The van der Waals surface area contributed by atoms with E-state index in [0.29, 0.717) is 5.95 Å². The number of anilines is 2. The van der Waals surface area contributed by atoms with Gasteiger partial charge in [0.05, 0.1) is 6.67 Å². The zero-order valence-electron chi connectivity index (χ0n) is 14.9. The maximum absolute atomic E-state index is 11.9. The maximum atomic E-state index is 11.9. The molecule has 2 fully saturated rings. The van der Waals surface area contributed by atoms with Crippen LogP contribution < -0.4 is 10.2 Å². The molecule has 8 nitrogen and oxygen atoms in total. The summed E-state index contributed by atoms with van der Waals surface area (Å²) in [7, 11) is 4.19. The quantitative estimate of drug-likeness (QED) is 0.863. The maximum Gasteiger partial charge on any atom is 0.249 e. The van der Waals surface area contributed by atoms with Gasteiger partial charge in [0.25, 0.3) is 0 Å². The molecule has 1 saturated heterocycles. The molecule has 0 unspecified atom stereocenters. The third-order valence-electron chi connectivity index (χ3n) is 4.70. The molecule has 1 N–H and O–H groups in total. The second-order valence-corrected chi connectivity index (χ2v) is 7.18. The van der Waals surface area contributed by atoms with Crippen molar-refractivity contribution in [2.45, 2.75) is 12.8 Å². The van der Waals surface area contributed by atoms with Gasteiger partial charge in [-0.05, 0) is 39.1 Å². The number of hydrogen-bond donors (Lipinski definition) is 1. The van der Waals surface area contributed by atoms with Gasteiger partial charge in [0, 0.05) is 32.1 Å². The van der Waals surface area contributed by atoms with E-state index in [9.17, 15) is 4.79 Å². The first-order valence-corrected chi connectivity index (χ1v) is 8.89. The smallest absolute Gasteiger partial charge is 0.249 e. The van der Waals surface area contributed by atoms with Gasteiger partial charge in [-0.15, -0.1) is 5.10 Å². The Morgan fingerprint density at radius 3 is 2.68 bits per heavy atom. The number of nitrogens with zero attached hydrogens (tertiary/aromatic N) is 6. The molecule has 25 heavy (non-hydrogen) atoms. The fourth-order valence-electron chi connectivity index (χ4n) is 3.26. The average molecular weight is 343 g/mol. The summed E-state index contributed by atoms with van der Waals surface area (Å²) in [6.45, 7) is 4.94. The van der Waals surface area contributed by atoms with Crippen LogP contribution in [0.2, 0.25) is 0 Å². The van der Waals surface area contributed by atoms with E-state index in [-0.39, 0.29) is 11.8 Å². The predicted molar refractivity (Wildman–Crippen MR) is 96.7 cm³/mol. The molecule has 0 spiro atoms. The van der Waals surface area contributed by atoms with E-state index >= 15 is 0 Å². The van der Waals surface area contributed by atoms with Crippen LogP contribution in [0.4, 0.5) is 11.8 Å². The minimum absolute atomic E-state index is 0.0368. The van der Waals surface area contributed by atoms with Gasteiger partial charge in [-0.3, -0.25) is 19.9 Å². The van der Waals surface area contributed by atoms with E-state index in [1.807, 2.05) is 16.6 Å². The number of hydrogen-bond acceptors (Lipinski definition) is 6. The molecule has 0 radical (unpaired) electrons. The van der Waals surface area contributed by atoms with Crippen LogP contribution in [-0.2, 0) is 4.79 Å². The third-order valence-corrected chi connectivity index (χ3v) is 4.70. The number of pyridine rings is 1. The largest absolute Gasteiger partial charge is 0.354 e. The number of amides is 1. The van der Waals surface area contributed by atoms with Gasteiger partial charge in [0.15, 0.2) is 5.65 Å².